The number of imidazole rings is 1. The molecule has 6 nitrogen and oxygen atoms in total. The van der Waals surface area contributed by atoms with E-state index in [0.29, 0.717) is 23.3 Å². The van der Waals surface area contributed by atoms with Gasteiger partial charge in [-0.15, -0.1) is 0 Å². The monoisotopic (exact) mass is 351 g/mol. The normalized spacial score (nSPS) is 11.8. The van der Waals surface area contributed by atoms with Crippen molar-refractivity contribution in [3.63, 3.8) is 0 Å². The van der Waals surface area contributed by atoms with Crippen molar-refractivity contribution in [1.82, 2.24) is 8.96 Å². The maximum Gasteiger partial charge on any atom is 0.270 e. The molecular weight excluding hydrogens is 338 g/mol. The molecular formula is C15H14ClN3O3S. The lowest BCUT2D eigenvalue weighted by atomic mass is 10.2. The first-order chi connectivity index (χ1) is 11.0. The molecule has 1 aromatic heterocycles. The first-order valence-electron chi connectivity index (χ1n) is 6.74. The molecule has 0 aliphatic carbocycles. The molecule has 1 heterocycles. The van der Waals surface area contributed by atoms with Crippen LogP contribution in [0.25, 0.3) is 11.0 Å². The summed E-state index contributed by atoms with van der Waals surface area (Å²) >= 11 is 6.07. The van der Waals surface area contributed by atoms with E-state index < -0.39 is 10.0 Å². The maximum atomic E-state index is 12.9. The van der Waals surface area contributed by atoms with Gasteiger partial charge >= 0.3 is 0 Å². The minimum Gasteiger partial charge on any atom is -0.497 e. The maximum absolute atomic E-state index is 12.9. The highest BCUT2D eigenvalue weighted by Gasteiger charge is 2.23. The molecule has 23 heavy (non-hydrogen) atoms. The Morgan fingerprint density at radius 3 is 2.52 bits per heavy atom. The molecule has 0 radical (unpaired) electrons. The average molecular weight is 352 g/mol. The van der Waals surface area contributed by atoms with Crippen molar-refractivity contribution in [2.45, 2.75) is 11.4 Å². The van der Waals surface area contributed by atoms with Crippen LogP contribution >= 0.6 is 11.6 Å². The van der Waals surface area contributed by atoms with E-state index in [1.807, 2.05) is 0 Å². The zero-order chi connectivity index (χ0) is 16.6. The van der Waals surface area contributed by atoms with Crippen LogP contribution in [0.2, 0.25) is 5.28 Å². The van der Waals surface area contributed by atoms with Crippen molar-refractivity contribution in [1.29, 1.82) is 0 Å². The van der Waals surface area contributed by atoms with E-state index in [-0.39, 0.29) is 10.2 Å². The van der Waals surface area contributed by atoms with Crippen LogP contribution in [0.5, 0.6) is 5.75 Å². The zero-order valence-electron chi connectivity index (χ0n) is 12.2. The Bertz CT molecular complexity index is 966. The first-order valence-corrected chi connectivity index (χ1v) is 8.56. The molecule has 3 rings (SSSR count). The Balaban J connectivity index is 2.22. The van der Waals surface area contributed by atoms with E-state index in [9.17, 15) is 8.42 Å². The fraction of sp³-hybridized carbons (Fsp3) is 0.133. The summed E-state index contributed by atoms with van der Waals surface area (Å²) < 4.78 is 31.9. The summed E-state index contributed by atoms with van der Waals surface area (Å²) in [7, 11) is -2.37. The molecule has 0 amide bonds. The number of aromatic nitrogens is 2. The summed E-state index contributed by atoms with van der Waals surface area (Å²) in [6.45, 7) is 0.340. The van der Waals surface area contributed by atoms with E-state index in [0.717, 1.165) is 9.54 Å². The van der Waals surface area contributed by atoms with Crippen molar-refractivity contribution in [3.05, 3.63) is 53.3 Å². The van der Waals surface area contributed by atoms with Crippen LogP contribution in [0, 0.1) is 0 Å². The summed E-state index contributed by atoms with van der Waals surface area (Å²) in [5.41, 5.74) is 7.20. The van der Waals surface area contributed by atoms with Crippen molar-refractivity contribution < 1.29 is 13.2 Å². The molecule has 120 valence electrons. The molecule has 3 aromatic rings. The standard InChI is InChI=1S/C15H14ClN3O3S/c1-22-11-4-7-13-14(8-11)19(15(16)18-13)23(20,21)12-5-2-10(9-17)3-6-12/h2-8H,9,17H2,1H3. The summed E-state index contributed by atoms with van der Waals surface area (Å²) in [6, 6.07) is 11.3. The smallest absolute Gasteiger partial charge is 0.270 e. The summed E-state index contributed by atoms with van der Waals surface area (Å²) in [5.74, 6) is 0.518. The van der Waals surface area contributed by atoms with Gasteiger partial charge in [0, 0.05) is 12.6 Å². The predicted molar refractivity (Wildman–Crippen MR) is 88.2 cm³/mol. The lowest BCUT2D eigenvalue weighted by Crippen LogP contribution is -2.13. The number of rotatable bonds is 4. The van der Waals surface area contributed by atoms with E-state index in [1.165, 1.54) is 19.2 Å². The van der Waals surface area contributed by atoms with E-state index >= 15 is 0 Å². The molecule has 0 saturated carbocycles. The van der Waals surface area contributed by atoms with Gasteiger partial charge < -0.3 is 10.5 Å². The van der Waals surface area contributed by atoms with E-state index in [4.69, 9.17) is 22.1 Å². The van der Waals surface area contributed by atoms with Crippen LogP contribution in [0.1, 0.15) is 5.56 Å². The SMILES string of the molecule is COc1ccc2nc(Cl)n(S(=O)(=O)c3ccc(CN)cc3)c2c1. The van der Waals surface area contributed by atoms with Gasteiger partial charge in [0.15, 0.2) is 0 Å². The molecule has 0 saturated heterocycles. The highest BCUT2D eigenvalue weighted by molar-refractivity contribution is 7.90. The van der Waals surface area contributed by atoms with Gasteiger partial charge in [-0.1, -0.05) is 12.1 Å². The number of hydrogen-bond acceptors (Lipinski definition) is 5. The van der Waals surface area contributed by atoms with Gasteiger partial charge in [0.25, 0.3) is 10.0 Å². The molecule has 0 aliphatic heterocycles. The number of halogens is 1. The van der Waals surface area contributed by atoms with Gasteiger partial charge in [0.1, 0.15) is 5.75 Å². The molecule has 2 N–H and O–H groups in total. The van der Waals surface area contributed by atoms with Gasteiger partial charge in [0.2, 0.25) is 5.28 Å². The molecule has 0 aliphatic rings. The highest BCUT2D eigenvalue weighted by atomic mass is 35.5. The predicted octanol–water partition coefficient (Wildman–Crippen LogP) is 2.39. The van der Waals surface area contributed by atoms with Crippen molar-refractivity contribution in [2.75, 3.05) is 7.11 Å². The number of methoxy groups -OCH3 is 1. The molecule has 0 atom stereocenters. The van der Waals surface area contributed by atoms with Crippen LogP contribution < -0.4 is 10.5 Å². The van der Waals surface area contributed by atoms with Crippen LogP contribution in [0.15, 0.2) is 47.4 Å². The Morgan fingerprint density at radius 2 is 1.91 bits per heavy atom. The van der Waals surface area contributed by atoms with Crippen LogP contribution in [-0.4, -0.2) is 24.5 Å². The fourth-order valence-electron chi connectivity index (χ4n) is 2.26. The third kappa shape index (κ3) is 2.67. The Labute approximate surface area is 138 Å². The Morgan fingerprint density at radius 1 is 1.22 bits per heavy atom. The van der Waals surface area contributed by atoms with E-state index in [1.54, 1.807) is 30.3 Å². The Kier molecular flexibility index (Phi) is 4.01. The fourth-order valence-corrected chi connectivity index (χ4v) is 4.05. The Hall–Kier alpha value is -2.09. The van der Waals surface area contributed by atoms with Gasteiger partial charge in [-0.25, -0.2) is 17.4 Å². The van der Waals surface area contributed by atoms with E-state index in [2.05, 4.69) is 4.98 Å². The minimum atomic E-state index is -3.88. The molecule has 0 bridgehead atoms. The number of ether oxygens (including phenoxy) is 1. The number of nitrogens with zero attached hydrogens (tertiary/aromatic N) is 2. The van der Waals surface area contributed by atoms with Crippen molar-refractivity contribution in [3.8, 4) is 5.75 Å². The van der Waals surface area contributed by atoms with Gasteiger partial charge in [-0.05, 0) is 41.4 Å². The van der Waals surface area contributed by atoms with Crippen LogP contribution in [0.3, 0.4) is 0 Å². The highest BCUT2D eigenvalue weighted by Crippen LogP contribution is 2.28. The molecule has 0 fully saturated rings. The number of fused-ring (bicyclic) bond motifs is 1. The van der Waals surface area contributed by atoms with Crippen molar-refractivity contribution >= 4 is 32.7 Å². The van der Waals surface area contributed by atoms with Gasteiger partial charge in [-0.3, -0.25) is 0 Å². The van der Waals surface area contributed by atoms with Crippen LogP contribution in [-0.2, 0) is 16.6 Å². The third-order valence-corrected chi connectivity index (χ3v) is 5.55. The lowest BCUT2D eigenvalue weighted by molar-refractivity contribution is 0.415. The minimum absolute atomic E-state index is 0.110. The van der Waals surface area contributed by atoms with Crippen LogP contribution in [0.4, 0.5) is 0 Å². The van der Waals surface area contributed by atoms with Gasteiger partial charge in [-0.2, -0.15) is 0 Å². The molecule has 0 unspecified atom stereocenters. The summed E-state index contributed by atoms with van der Waals surface area (Å²) in [4.78, 5) is 4.20. The number of nitrogens with two attached hydrogens (primary N) is 1. The second-order valence-electron chi connectivity index (χ2n) is 4.85. The quantitative estimate of drug-likeness (QED) is 0.779. The molecule has 0 spiro atoms. The number of hydrogen-bond donors (Lipinski definition) is 1. The largest absolute Gasteiger partial charge is 0.497 e. The lowest BCUT2D eigenvalue weighted by Gasteiger charge is -2.09. The average Bonchev–Trinajstić information content (AvgIpc) is 2.90. The zero-order valence-corrected chi connectivity index (χ0v) is 13.8. The molecule has 8 heteroatoms. The third-order valence-electron chi connectivity index (χ3n) is 3.48. The first kappa shape index (κ1) is 15.8. The molecule has 2 aromatic carbocycles. The summed E-state index contributed by atoms with van der Waals surface area (Å²) in [5, 5.41) is -0.129. The summed E-state index contributed by atoms with van der Waals surface area (Å²) in [6.07, 6.45) is 0. The van der Waals surface area contributed by atoms with Crippen molar-refractivity contribution in [2.24, 2.45) is 5.73 Å². The topological polar surface area (TPSA) is 87.2 Å². The number of benzene rings is 2. The van der Waals surface area contributed by atoms with Gasteiger partial charge in [0.05, 0.1) is 23.0 Å². The second kappa shape index (κ2) is 5.84. The second-order valence-corrected chi connectivity index (χ2v) is 6.98.